The summed E-state index contributed by atoms with van der Waals surface area (Å²) >= 11 is 6.34. The number of sulfone groups is 1. The van der Waals surface area contributed by atoms with Gasteiger partial charge in [0.2, 0.25) is 9.84 Å². The van der Waals surface area contributed by atoms with Crippen LogP contribution in [-0.2, 0) is 20.6 Å². The number of hydrogen-bond donors (Lipinski definition) is 0. The van der Waals surface area contributed by atoms with Gasteiger partial charge in [0, 0.05) is 20.9 Å². The van der Waals surface area contributed by atoms with Crippen molar-refractivity contribution in [2.24, 2.45) is 0 Å². The molecular formula is C34H34Br2O7S2. The number of carbonyl (C=O) groups is 2. The standard InChI is InChI=1S/C17H17BrO4S.C17H17BrO3S/c1-11-8-15(9-12(2)17(11)16(19)10-18)23(20,21)14-6-4-13(22-3)5-7-14;1-11-8-15(9-12(2)17(11)16(19)10-18)22(20)14-6-4-13(21-3)5-7-14/h4-9H,10H2,1-3H3;4-9H,10H2,1-3H3. The molecule has 0 aromatic heterocycles. The van der Waals surface area contributed by atoms with E-state index >= 15 is 0 Å². The quantitative estimate of drug-likeness (QED) is 0.120. The van der Waals surface area contributed by atoms with Crippen LogP contribution in [0.3, 0.4) is 0 Å². The van der Waals surface area contributed by atoms with Crippen molar-refractivity contribution in [3.63, 3.8) is 0 Å². The normalized spacial score (nSPS) is 11.6. The summed E-state index contributed by atoms with van der Waals surface area (Å²) in [6.45, 7) is 7.24. The monoisotopic (exact) mass is 776 g/mol. The van der Waals surface area contributed by atoms with Crippen LogP contribution in [0.2, 0.25) is 0 Å². The third kappa shape index (κ3) is 8.58. The Morgan fingerprint density at radius 2 is 1.00 bits per heavy atom. The molecule has 0 aliphatic heterocycles. The fourth-order valence-corrected chi connectivity index (χ4v) is 8.06. The van der Waals surface area contributed by atoms with E-state index in [1.165, 1.54) is 19.2 Å². The number of carbonyl (C=O) groups excluding carboxylic acids is 2. The van der Waals surface area contributed by atoms with E-state index < -0.39 is 20.6 Å². The van der Waals surface area contributed by atoms with Crippen LogP contribution in [0.25, 0.3) is 0 Å². The Morgan fingerprint density at radius 3 is 1.38 bits per heavy atom. The highest BCUT2D eigenvalue weighted by molar-refractivity contribution is 9.09. The van der Waals surface area contributed by atoms with Crippen LogP contribution in [0, 0.1) is 27.7 Å². The number of benzene rings is 4. The van der Waals surface area contributed by atoms with E-state index in [-0.39, 0.29) is 32.0 Å². The van der Waals surface area contributed by atoms with E-state index in [0.29, 0.717) is 37.8 Å². The van der Waals surface area contributed by atoms with Crippen LogP contribution in [0.4, 0.5) is 0 Å². The summed E-state index contributed by atoms with van der Waals surface area (Å²) in [6.07, 6.45) is 0. The molecule has 0 aliphatic rings. The van der Waals surface area contributed by atoms with Crippen LogP contribution >= 0.6 is 31.9 Å². The summed E-state index contributed by atoms with van der Waals surface area (Å²) in [5.41, 5.74) is 4.27. The Balaban J connectivity index is 0.000000246. The van der Waals surface area contributed by atoms with Gasteiger partial charge in [0.1, 0.15) is 11.5 Å². The number of ether oxygens (including phenoxy) is 2. The highest BCUT2D eigenvalue weighted by atomic mass is 79.9. The average molecular weight is 779 g/mol. The molecule has 0 saturated heterocycles. The molecule has 0 N–H and O–H groups in total. The number of hydrogen-bond acceptors (Lipinski definition) is 7. The highest BCUT2D eigenvalue weighted by Gasteiger charge is 2.21. The zero-order valence-electron chi connectivity index (χ0n) is 25.8. The maximum absolute atomic E-state index is 12.8. The van der Waals surface area contributed by atoms with Crippen LogP contribution in [0.1, 0.15) is 43.0 Å². The maximum atomic E-state index is 12.8. The lowest BCUT2D eigenvalue weighted by atomic mass is 10.00. The van der Waals surface area contributed by atoms with Gasteiger partial charge < -0.3 is 9.47 Å². The summed E-state index contributed by atoms with van der Waals surface area (Å²) in [5, 5.41) is 0.495. The number of methoxy groups -OCH3 is 2. The maximum Gasteiger partial charge on any atom is 0.206 e. The van der Waals surface area contributed by atoms with Crippen molar-refractivity contribution >= 4 is 64.1 Å². The number of rotatable bonds is 10. The van der Waals surface area contributed by atoms with E-state index in [0.717, 1.165) is 16.9 Å². The lowest BCUT2D eigenvalue weighted by molar-refractivity contribution is 0.101. The largest absolute Gasteiger partial charge is 0.497 e. The summed E-state index contributed by atoms with van der Waals surface area (Å²) < 4.78 is 48.3. The van der Waals surface area contributed by atoms with Crippen molar-refractivity contribution in [1.29, 1.82) is 0 Å². The Kier molecular flexibility index (Phi) is 12.9. The molecule has 4 aromatic rings. The second-order valence-electron chi connectivity index (χ2n) is 10.1. The van der Waals surface area contributed by atoms with Crippen molar-refractivity contribution in [1.82, 2.24) is 0 Å². The van der Waals surface area contributed by atoms with Crippen LogP contribution in [0.5, 0.6) is 11.5 Å². The topological polar surface area (TPSA) is 104 Å². The molecule has 4 aromatic carbocycles. The first-order valence-electron chi connectivity index (χ1n) is 13.6. The van der Waals surface area contributed by atoms with Crippen molar-refractivity contribution < 1.29 is 31.7 Å². The zero-order valence-corrected chi connectivity index (χ0v) is 30.6. The van der Waals surface area contributed by atoms with E-state index in [1.54, 1.807) is 69.5 Å². The number of halogens is 2. The van der Waals surface area contributed by atoms with E-state index in [1.807, 2.05) is 26.0 Å². The first kappa shape index (κ1) is 36.3. The Labute approximate surface area is 284 Å². The van der Waals surface area contributed by atoms with Gasteiger partial charge in [0.05, 0.1) is 45.5 Å². The molecule has 0 saturated carbocycles. The molecule has 0 aliphatic carbocycles. The smallest absolute Gasteiger partial charge is 0.206 e. The molecule has 11 heteroatoms. The molecule has 7 nitrogen and oxygen atoms in total. The number of Topliss-reactive ketones (excluding diaryl/α,β-unsaturated/α-hetero) is 2. The first-order chi connectivity index (χ1) is 21.3. The van der Waals surface area contributed by atoms with Gasteiger partial charge >= 0.3 is 0 Å². The lowest BCUT2D eigenvalue weighted by Crippen LogP contribution is -2.09. The van der Waals surface area contributed by atoms with Gasteiger partial charge in [-0.1, -0.05) is 31.9 Å². The van der Waals surface area contributed by atoms with Gasteiger partial charge in [0.15, 0.2) is 11.6 Å². The summed E-state index contributed by atoms with van der Waals surface area (Å²) in [7, 11) is -1.80. The molecule has 1 unspecified atom stereocenters. The van der Waals surface area contributed by atoms with Gasteiger partial charge in [-0.3, -0.25) is 9.59 Å². The molecule has 45 heavy (non-hydrogen) atoms. The summed E-state index contributed by atoms with van der Waals surface area (Å²) in [5.74, 6) is 1.30. The zero-order chi connectivity index (χ0) is 33.5. The molecule has 0 fully saturated rings. The minimum Gasteiger partial charge on any atom is -0.497 e. The molecular weight excluding hydrogens is 744 g/mol. The third-order valence-electron chi connectivity index (χ3n) is 6.98. The predicted molar refractivity (Wildman–Crippen MR) is 184 cm³/mol. The van der Waals surface area contributed by atoms with Crippen LogP contribution < -0.4 is 9.47 Å². The van der Waals surface area contributed by atoms with Crippen LogP contribution in [-0.4, -0.2) is 49.1 Å². The molecule has 0 bridgehead atoms. The Hall–Kier alpha value is -3.12. The highest BCUT2D eigenvalue weighted by Crippen LogP contribution is 2.28. The second-order valence-corrected chi connectivity index (χ2v) is 14.7. The average Bonchev–Trinajstić information content (AvgIpc) is 3.03. The molecule has 0 spiro atoms. The fraction of sp³-hybridized carbons (Fsp3) is 0.235. The van der Waals surface area contributed by atoms with Crippen molar-refractivity contribution in [2.45, 2.75) is 47.3 Å². The van der Waals surface area contributed by atoms with Gasteiger partial charge in [-0.25, -0.2) is 12.6 Å². The summed E-state index contributed by atoms with van der Waals surface area (Å²) in [6, 6.07) is 20.1. The number of ketones is 2. The summed E-state index contributed by atoms with van der Waals surface area (Å²) in [4.78, 5) is 25.7. The molecule has 1 atom stereocenters. The molecule has 238 valence electrons. The molecule has 0 heterocycles. The Morgan fingerprint density at radius 1 is 0.622 bits per heavy atom. The van der Waals surface area contributed by atoms with E-state index in [2.05, 4.69) is 31.9 Å². The van der Waals surface area contributed by atoms with Gasteiger partial charge in [-0.2, -0.15) is 0 Å². The molecule has 0 radical (unpaired) electrons. The van der Waals surface area contributed by atoms with Gasteiger partial charge in [-0.05, 0) is 123 Å². The van der Waals surface area contributed by atoms with Crippen molar-refractivity contribution in [3.8, 4) is 11.5 Å². The second kappa shape index (κ2) is 15.9. The lowest BCUT2D eigenvalue weighted by Gasteiger charge is -2.12. The van der Waals surface area contributed by atoms with Crippen molar-refractivity contribution in [2.75, 3.05) is 24.9 Å². The number of aryl methyl sites for hydroxylation is 4. The minimum absolute atomic E-state index is 0.0387. The van der Waals surface area contributed by atoms with Crippen LogP contribution in [0.15, 0.2) is 92.4 Å². The first-order valence-corrected chi connectivity index (χ1v) is 18.5. The SMILES string of the molecule is COc1ccc(S(=O)(=O)c2cc(C)c(C(=O)CBr)c(C)c2)cc1.COc1ccc(S(=O)c2cc(C)c(C(=O)CBr)c(C)c2)cc1. The fourth-order valence-electron chi connectivity index (χ4n) is 4.85. The Bertz CT molecular complexity index is 1790. The van der Waals surface area contributed by atoms with Gasteiger partial charge in [-0.15, -0.1) is 0 Å². The third-order valence-corrected chi connectivity index (χ3v) is 11.1. The molecule has 0 amide bonds. The molecule has 4 rings (SSSR count). The van der Waals surface area contributed by atoms with E-state index in [4.69, 9.17) is 9.47 Å². The predicted octanol–water partition coefficient (Wildman–Crippen LogP) is 7.78. The minimum atomic E-state index is -3.64. The van der Waals surface area contributed by atoms with Gasteiger partial charge in [0.25, 0.3) is 0 Å². The number of alkyl halides is 2. The van der Waals surface area contributed by atoms with E-state index in [9.17, 15) is 22.2 Å². The van der Waals surface area contributed by atoms with Crippen molar-refractivity contribution in [3.05, 3.63) is 106 Å².